The van der Waals surface area contributed by atoms with E-state index >= 15 is 0 Å². The number of hydrogen-bond acceptors (Lipinski definition) is 2. The largest absolute Gasteiger partial charge is 0.296 e. The third kappa shape index (κ3) is 5.33. The van der Waals surface area contributed by atoms with Gasteiger partial charge in [-0.15, -0.1) is 0 Å². The Balaban J connectivity index is 1.81. The van der Waals surface area contributed by atoms with Gasteiger partial charge in [0.15, 0.2) is 0 Å². The van der Waals surface area contributed by atoms with Gasteiger partial charge in [-0.05, 0) is 36.0 Å². The second kappa shape index (κ2) is 7.96. The summed E-state index contributed by atoms with van der Waals surface area (Å²) in [6, 6.07) is 19.2. The minimum atomic E-state index is 0.182. The second-order valence-corrected chi connectivity index (χ2v) is 5.95. The van der Waals surface area contributed by atoms with Crippen molar-refractivity contribution in [3.63, 3.8) is 0 Å². The Morgan fingerprint density at radius 2 is 1.52 bits per heavy atom. The van der Waals surface area contributed by atoms with Gasteiger partial charge in [-0.3, -0.25) is 4.84 Å². The molecule has 0 spiro atoms. The Morgan fingerprint density at radius 3 is 2.14 bits per heavy atom. The fraction of sp³-hybridized carbons (Fsp3) is 0.368. The molecule has 0 bridgehead atoms. The molecule has 0 aromatic heterocycles. The van der Waals surface area contributed by atoms with Gasteiger partial charge in [0.05, 0.1) is 12.6 Å². The van der Waals surface area contributed by atoms with Crippen molar-refractivity contribution in [1.82, 2.24) is 5.48 Å². The smallest absolute Gasteiger partial charge is 0.0933 e. The number of nitrogens with one attached hydrogen (secondary N) is 1. The summed E-state index contributed by atoms with van der Waals surface area (Å²) in [5.74, 6) is 0.695. The Kier molecular flexibility index (Phi) is 5.97. The zero-order chi connectivity index (χ0) is 15.1. The number of benzene rings is 2. The van der Waals surface area contributed by atoms with Crippen molar-refractivity contribution in [3.8, 4) is 0 Å². The molecule has 0 aliphatic carbocycles. The molecule has 2 rings (SSSR count). The van der Waals surface area contributed by atoms with Crippen LogP contribution >= 0.6 is 0 Å². The lowest BCUT2D eigenvalue weighted by Gasteiger charge is -2.15. The predicted molar refractivity (Wildman–Crippen MR) is 87.8 cm³/mol. The van der Waals surface area contributed by atoms with Crippen molar-refractivity contribution >= 4 is 0 Å². The first-order valence-electron chi connectivity index (χ1n) is 7.65. The monoisotopic (exact) mass is 283 g/mol. The summed E-state index contributed by atoms with van der Waals surface area (Å²) in [6.45, 7) is 7.18. The van der Waals surface area contributed by atoms with E-state index in [1.54, 1.807) is 0 Å². The summed E-state index contributed by atoms with van der Waals surface area (Å²) in [7, 11) is 0. The Labute approximate surface area is 128 Å². The van der Waals surface area contributed by atoms with Crippen LogP contribution < -0.4 is 5.48 Å². The minimum absolute atomic E-state index is 0.182. The zero-order valence-corrected chi connectivity index (χ0v) is 13.2. The Morgan fingerprint density at radius 1 is 0.857 bits per heavy atom. The zero-order valence-electron chi connectivity index (χ0n) is 13.2. The number of hydrogen-bond donors (Lipinski definition) is 1. The fourth-order valence-electron chi connectivity index (χ4n) is 2.31. The quantitative estimate of drug-likeness (QED) is 0.746. The van der Waals surface area contributed by atoms with Crippen LogP contribution in [0.3, 0.4) is 0 Å². The molecule has 1 atom stereocenters. The Bertz CT molecular complexity index is 519. The Hall–Kier alpha value is -1.64. The van der Waals surface area contributed by atoms with Crippen LogP contribution in [-0.2, 0) is 17.9 Å². The maximum atomic E-state index is 5.58. The fourth-order valence-corrected chi connectivity index (χ4v) is 2.31. The third-order valence-corrected chi connectivity index (χ3v) is 3.47. The highest BCUT2D eigenvalue weighted by Crippen LogP contribution is 2.15. The van der Waals surface area contributed by atoms with E-state index in [2.05, 4.69) is 62.6 Å². The first-order chi connectivity index (χ1) is 10.1. The maximum Gasteiger partial charge on any atom is 0.0933 e. The summed E-state index contributed by atoms with van der Waals surface area (Å²) < 4.78 is 0. The predicted octanol–water partition coefficient (Wildman–Crippen LogP) is 4.67. The van der Waals surface area contributed by atoms with E-state index < -0.39 is 0 Å². The highest BCUT2D eigenvalue weighted by atomic mass is 16.6. The number of hydroxylamine groups is 1. The van der Waals surface area contributed by atoms with E-state index in [0.29, 0.717) is 12.5 Å². The number of rotatable bonds is 7. The van der Waals surface area contributed by atoms with E-state index in [1.807, 2.05) is 18.2 Å². The molecular weight excluding hydrogens is 258 g/mol. The molecule has 1 unspecified atom stereocenters. The van der Waals surface area contributed by atoms with Gasteiger partial charge in [-0.25, -0.2) is 0 Å². The van der Waals surface area contributed by atoms with Gasteiger partial charge in [0.1, 0.15) is 0 Å². The van der Waals surface area contributed by atoms with Crippen LogP contribution in [0, 0.1) is 5.92 Å². The molecule has 0 radical (unpaired) electrons. The van der Waals surface area contributed by atoms with Gasteiger partial charge in [0.25, 0.3) is 0 Å². The third-order valence-electron chi connectivity index (χ3n) is 3.47. The molecule has 0 amide bonds. The van der Waals surface area contributed by atoms with E-state index in [1.165, 1.54) is 16.7 Å². The molecule has 0 aliphatic heterocycles. The van der Waals surface area contributed by atoms with Crippen molar-refractivity contribution in [2.24, 2.45) is 5.92 Å². The summed E-state index contributed by atoms with van der Waals surface area (Å²) in [6.07, 6.45) is 1.13. The van der Waals surface area contributed by atoms with Crippen LogP contribution in [-0.4, -0.2) is 0 Å². The molecule has 112 valence electrons. The lowest BCUT2D eigenvalue weighted by Crippen LogP contribution is -2.19. The van der Waals surface area contributed by atoms with Crippen molar-refractivity contribution < 1.29 is 4.84 Å². The SMILES string of the molecule is CC(C)Cc1ccc(C(C)NOCc2ccccc2)cc1. The standard InChI is InChI=1S/C19H25NO/c1-15(2)13-17-9-11-19(12-10-17)16(3)20-21-14-18-7-5-4-6-8-18/h4-12,15-16,20H,13-14H2,1-3H3. The van der Waals surface area contributed by atoms with Crippen LogP contribution in [0.2, 0.25) is 0 Å². The van der Waals surface area contributed by atoms with Gasteiger partial charge in [-0.1, -0.05) is 68.4 Å². The molecule has 2 nitrogen and oxygen atoms in total. The molecule has 0 saturated carbocycles. The van der Waals surface area contributed by atoms with E-state index in [9.17, 15) is 0 Å². The molecule has 21 heavy (non-hydrogen) atoms. The molecule has 2 heteroatoms. The van der Waals surface area contributed by atoms with Crippen LogP contribution in [0.5, 0.6) is 0 Å². The van der Waals surface area contributed by atoms with Gasteiger partial charge < -0.3 is 0 Å². The average molecular weight is 283 g/mol. The van der Waals surface area contributed by atoms with Crippen LogP contribution in [0.4, 0.5) is 0 Å². The van der Waals surface area contributed by atoms with Crippen LogP contribution in [0.1, 0.15) is 43.5 Å². The molecule has 0 heterocycles. The van der Waals surface area contributed by atoms with E-state index in [0.717, 1.165) is 6.42 Å². The molecule has 0 aliphatic rings. The lowest BCUT2D eigenvalue weighted by molar-refractivity contribution is 0.00698. The van der Waals surface area contributed by atoms with Crippen LogP contribution in [0.25, 0.3) is 0 Å². The first kappa shape index (κ1) is 15.7. The van der Waals surface area contributed by atoms with Crippen molar-refractivity contribution in [1.29, 1.82) is 0 Å². The molecule has 1 N–H and O–H groups in total. The van der Waals surface area contributed by atoms with Crippen molar-refractivity contribution in [3.05, 3.63) is 71.3 Å². The summed E-state index contributed by atoms with van der Waals surface area (Å²) in [4.78, 5) is 5.58. The summed E-state index contributed by atoms with van der Waals surface area (Å²) in [5.41, 5.74) is 6.92. The lowest BCUT2D eigenvalue weighted by atomic mass is 10.0. The first-order valence-corrected chi connectivity index (χ1v) is 7.65. The van der Waals surface area contributed by atoms with E-state index in [-0.39, 0.29) is 6.04 Å². The normalized spacial score (nSPS) is 12.6. The second-order valence-electron chi connectivity index (χ2n) is 5.95. The summed E-state index contributed by atoms with van der Waals surface area (Å²) >= 11 is 0. The van der Waals surface area contributed by atoms with Crippen molar-refractivity contribution in [2.75, 3.05) is 0 Å². The maximum absolute atomic E-state index is 5.58. The summed E-state index contributed by atoms with van der Waals surface area (Å²) in [5, 5.41) is 0. The van der Waals surface area contributed by atoms with Crippen LogP contribution in [0.15, 0.2) is 54.6 Å². The van der Waals surface area contributed by atoms with Gasteiger partial charge >= 0.3 is 0 Å². The molecule has 0 saturated heterocycles. The van der Waals surface area contributed by atoms with Gasteiger partial charge in [0.2, 0.25) is 0 Å². The van der Waals surface area contributed by atoms with Gasteiger partial charge in [0, 0.05) is 0 Å². The van der Waals surface area contributed by atoms with E-state index in [4.69, 9.17) is 4.84 Å². The molecule has 0 fully saturated rings. The highest BCUT2D eigenvalue weighted by molar-refractivity contribution is 5.24. The van der Waals surface area contributed by atoms with Gasteiger partial charge in [-0.2, -0.15) is 5.48 Å². The topological polar surface area (TPSA) is 21.3 Å². The minimum Gasteiger partial charge on any atom is -0.296 e. The average Bonchev–Trinajstić information content (AvgIpc) is 2.48. The molecule has 2 aromatic carbocycles. The molecule has 2 aromatic rings. The molecular formula is C19H25NO. The highest BCUT2D eigenvalue weighted by Gasteiger charge is 2.05. The van der Waals surface area contributed by atoms with Crippen molar-refractivity contribution in [2.45, 2.75) is 39.8 Å².